The van der Waals surface area contributed by atoms with Gasteiger partial charge in [0.15, 0.2) is 0 Å². The van der Waals surface area contributed by atoms with E-state index in [-0.39, 0.29) is 12.3 Å². The zero-order chi connectivity index (χ0) is 18.5. The normalized spacial score (nSPS) is 10.7. The molecule has 1 amide bonds. The van der Waals surface area contributed by atoms with Gasteiger partial charge in [0.2, 0.25) is 11.8 Å². The summed E-state index contributed by atoms with van der Waals surface area (Å²) < 4.78 is 11.4. The Morgan fingerprint density at radius 1 is 1.23 bits per heavy atom. The highest BCUT2D eigenvalue weighted by atomic mass is 32.1. The smallest absolute Gasteiger partial charge is 0.236 e. The van der Waals surface area contributed by atoms with Gasteiger partial charge in [0.05, 0.1) is 23.5 Å². The van der Waals surface area contributed by atoms with Crippen LogP contribution in [-0.4, -0.2) is 36.0 Å². The third-order valence-electron chi connectivity index (χ3n) is 4.09. The molecule has 0 saturated carbocycles. The molecular formula is C20H22N2O3S. The monoisotopic (exact) mass is 370 g/mol. The first-order valence-electron chi connectivity index (χ1n) is 8.46. The molecule has 0 unspecified atom stereocenters. The zero-order valence-electron chi connectivity index (χ0n) is 15.2. The van der Waals surface area contributed by atoms with E-state index in [0.29, 0.717) is 30.5 Å². The number of carbonyl (C=O) groups is 1. The number of ether oxygens (including phenoxy) is 1. The molecule has 2 aromatic heterocycles. The Hall–Kier alpha value is -2.60. The molecule has 0 atom stereocenters. The van der Waals surface area contributed by atoms with Crippen molar-refractivity contribution >= 4 is 17.2 Å². The van der Waals surface area contributed by atoms with Crippen molar-refractivity contribution in [2.45, 2.75) is 20.3 Å². The number of oxazole rings is 1. The predicted molar refractivity (Wildman–Crippen MR) is 103 cm³/mol. The lowest BCUT2D eigenvalue weighted by molar-refractivity contribution is -0.129. The second-order valence-corrected chi connectivity index (χ2v) is 7.10. The number of aromatic nitrogens is 1. The summed E-state index contributed by atoms with van der Waals surface area (Å²) in [6.45, 7) is 4.84. The standard InChI is InChI=1S/C20H22N2O3S/c1-14-6-8-16(9-7-14)24-11-10-22(3)19(23)13-17-15(2)25-20(21-17)18-5-4-12-26-18/h4-9,12H,10-11,13H2,1-3H3. The molecule has 136 valence electrons. The molecule has 5 nitrogen and oxygen atoms in total. The molecule has 0 saturated heterocycles. The molecule has 26 heavy (non-hydrogen) atoms. The van der Waals surface area contributed by atoms with Gasteiger partial charge in [0.25, 0.3) is 0 Å². The number of likely N-dealkylation sites (N-methyl/N-ethyl adjacent to an activating group) is 1. The number of benzene rings is 1. The lowest BCUT2D eigenvalue weighted by Crippen LogP contribution is -2.32. The van der Waals surface area contributed by atoms with Crippen LogP contribution >= 0.6 is 11.3 Å². The van der Waals surface area contributed by atoms with Crippen LogP contribution in [0.4, 0.5) is 0 Å². The Morgan fingerprint density at radius 2 is 2.00 bits per heavy atom. The second kappa shape index (κ2) is 8.19. The topological polar surface area (TPSA) is 55.6 Å². The quantitative estimate of drug-likeness (QED) is 0.628. The van der Waals surface area contributed by atoms with Gasteiger partial charge < -0.3 is 14.1 Å². The van der Waals surface area contributed by atoms with Crippen LogP contribution in [0.25, 0.3) is 10.8 Å². The fourth-order valence-corrected chi connectivity index (χ4v) is 3.08. The van der Waals surface area contributed by atoms with E-state index in [4.69, 9.17) is 9.15 Å². The molecule has 3 rings (SSSR count). The Morgan fingerprint density at radius 3 is 2.69 bits per heavy atom. The van der Waals surface area contributed by atoms with E-state index in [0.717, 1.165) is 10.6 Å². The number of aryl methyl sites for hydroxylation is 2. The van der Waals surface area contributed by atoms with Gasteiger partial charge in [-0.3, -0.25) is 4.79 Å². The van der Waals surface area contributed by atoms with E-state index in [2.05, 4.69) is 4.98 Å². The van der Waals surface area contributed by atoms with Crippen LogP contribution in [0.1, 0.15) is 17.0 Å². The van der Waals surface area contributed by atoms with Gasteiger partial charge in [-0.2, -0.15) is 0 Å². The first kappa shape index (κ1) is 18.2. The number of nitrogens with zero attached hydrogens (tertiary/aromatic N) is 2. The van der Waals surface area contributed by atoms with Crippen LogP contribution in [0, 0.1) is 13.8 Å². The lowest BCUT2D eigenvalue weighted by atomic mass is 10.2. The van der Waals surface area contributed by atoms with Crippen molar-refractivity contribution in [2.24, 2.45) is 0 Å². The minimum Gasteiger partial charge on any atom is -0.492 e. The van der Waals surface area contributed by atoms with Gasteiger partial charge in [-0.15, -0.1) is 11.3 Å². The number of rotatable bonds is 7. The zero-order valence-corrected chi connectivity index (χ0v) is 16.0. The number of amides is 1. The minimum absolute atomic E-state index is 0.00774. The third-order valence-corrected chi connectivity index (χ3v) is 4.94. The highest BCUT2D eigenvalue weighted by Gasteiger charge is 2.17. The molecule has 0 radical (unpaired) electrons. The summed E-state index contributed by atoms with van der Waals surface area (Å²) in [5.74, 6) is 2.06. The van der Waals surface area contributed by atoms with Gasteiger partial charge in [-0.25, -0.2) is 4.98 Å². The van der Waals surface area contributed by atoms with Crippen molar-refractivity contribution in [1.29, 1.82) is 0 Å². The molecule has 2 heterocycles. The first-order valence-corrected chi connectivity index (χ1v) is 9.34. The Bertz CT molecular complexity index is 854. The summed E-state index contributed by atoms with van der Waals surface area (Å²) in [5.41, 5.74) is 1.87. The fourth-order valence-electron chi connectivity index (χ4n) is 2.44. The van der Waals surface area contributed by atoms with Crippen molar-refractivity contribution in [2.75, 3.05) is 20.2 Å². The van der Waals surface area contributed by atoms with Crippen molar-refractivity contribution in [3.8, 4) is 16.5 Å². The molecule has 0 fully saturated rings. The molecule has 0 spiro atoms. The van der Waals surface area contributed by atoms with Crippen molar-refractivity contribution in [3.63, 3.8) is 0 Å². The van der Waals surface area contributed by atoms with Gasteiger partial charge >= 0.3 is 0 Å². The average molecular weight is 370 g/mol. The van der Waals surface area contributed by atoms with E-state index >= 15 is 0 Å². The van der Waals surface area contributed by atoms with Gasteiger partial charge in [0, 0.05) is 7.05 Å². The summed E-state index contributed by atoms with van der Waals surface area (Å²) >= 11 is 1.56. The first-order chi connectivity index (χ1) is 12.5. The number of carbonyl (C=O) groups excluding carboxylic acids is 1. The van der Waals surface area contributed by atoms with E-state index in [1.165, 1.54) is 5.56 Å². The van der Waals surface area contributed by atoms with Crippen LogP contribution in [0.2, 0.25) is 0 Å². The van der Waals surface area contributed by atoms with E-state index in [1.807, 2.05) is 55.6 Å². The van der Waals surface area contributed by atoms with Gasteiger partial charge in [-0.05, 0) is 37.4 Å². The summed E-state index contributed by atoms with van der Waals surface area (Å²) in [7, 11) is 1.77. The third kappa shape index (κ3) is 4.52. The summed E-state index contributed by atoms with van der Waals surface area (Å²) in [6, 6.07) is 11.8. The SMILES string of the molecule is Cc1ccc(OCCN(C)C(=O)Cc2nc(-c3cccs3)oc2C)cc1. The lowest BCUT2D eigenvalue weighted by Gasteiger charge is -2.17. The second-order valence-electron chi connectivity index (χ2n) is 6.15. The van der Waals surface area contributed by atoms with Crippen molar-refractivity contribution in [1.82, 2.24) is 9.88 Å². The molecule has 0 aliphatic carbocycles. The number of hydrogen-bond donors (Lipinski definition) is 0. The Labute approximate surface area is 157 Å². The summed E-state index contributed by atoms with van der Waals surface area (Å²) in [4.78, 5) is 19.5. The van der Waals surface area contributed by atoms with E-state index in [9.17, 15) is 4.79 Å². The highest BCUT2D eigenvalue weighted by Crippen LogP contribution is 2.26. The molecular weight excluding hydrogens is 348 g/mol. The molecule has 1 aromatic carbocycles. The Kier molecular flexibility index (Phi) is 5.73. The van der Waals surface area contributed by atoms with Crippen molar-refractivity contribution in [3.05, 3.63) is 58.8 Å². The van der Waals surface area contributed by atoms with E-state index in [1.54, 1.807) is 23.3 Å². The van der Waals surface area contributed by atoms with Crippen LogP contribution in [-0.2, 0) is 11.2 Å². The molecule has 0 N–H and O–H groups in total. The fraction of sp³-hybridized carbons (Fsp3) is 0.300. The van der Waals surface area contributed by atoms with Crippen LogP contribution in [0.5, 0.6) is 5.75 Å². The maximum Gasteiger partial charge on any atom is 0.236 e. The maximum absolute atomic E-state index is 12.4. The molecule has 0 bridgehead atoms. The van der Waals surface area contributed by atoms with Crippen LogP contribution < -0.4 is 4.74 Å². The average Bonchev–Trinajstić information content (AvgIpc) is 3.27. The van der Waals surface area contributed by atoms with Crippen molar-refractivity contribution < 1.29 is 13.9 Å². The van der Waals surface area contributed by atoms with Crippen LogP contribution in [0.15, 0.2) is 46.2 Å². The molecule has 0 aliphatic heterocycles. The molecule has 3 aromatic rings. The van der Waals surface area contributed by atoms with Gasteiger partial charge in [-0.1, -0.05) is 23.8 Å². The summed E-state index contributed by atoms with van der Waals surface area (Å²) in [6.07, 6.45) is 0.224. The highest BCUT2D eigenvalue weighted by molar-refractivity contribution is 7.13. The summed E-state index contributed by atoms with van der Waals surface area (Å²) in [5, 5.41) is 1.97. The Balaban J connectivity index is 1.52. The number of hydrogen-bond acceptors (Lipinski definition) is 5. The van der Waals surface area contributed by atoms with Crippen LogP contribution in [0.3, 0.4) is 0 Å². The predicted octanol–water partition coefficient (Wildman–Crippen LogP) is 4.10. The van der Waals surface area contributed by atoms with E-state index < -0.39 is 0 Å². The minimum atomic E-state index is -0.00774. The number of thiophene rings is 1. The molecule has 6 heteroatoms. The maximum atomic E-state index is 12.4. The molecule has 0 aliphatic rings. The largest absolute Gasteiger partial charge is 0.492 e. The van der Waals surface area contributed by atoms with Gasteiger partial charge in [0.1, 0.15) is 18.1 Å².